The molecule has 1 amide bonds. The molecule has 0 spiro atoms. The number of benzene rings is 3. The van der Waals surface area contributed by atoms with E-state index in [0.717, 1.165) is 11.1 Å². The van der Waals surface area contributed by atoms with E-state index in [9.17, 15) is 9.59 Å². The van der Waals surface area contributed by atoms with Crippen molar-refractivity contribution < 1.29 is 14.3 Å². The number of halogens is 1. The largest absolute Gasteiger partial charge is 0.497 e. The molecule has 1 aromatic heterocycles. The van der Waals surface area contributed by atoms with Crippen molar-refractivity contribution in [1.29, 1.82) is 0 Å². The number of β-lactam (4-membered cyclic amide) rings is 1. The average Bonchev–Trinajstić information content (AvgIpc) is 3.22. The SMILES string of the molecule is COc1ccc(C(c2c(C)[nH]n(-c3ccccc3)c2=O)N2C(=O)C(Cl)C2c2ccc(OC)cc2)cc1. The number of methoxy groups -OCH3 is 2. The highest BCUT2D eigenvalue weighted by molar-refractivity contribution is 6.33. The van der Waals surface area contributed by atoms with Gasteiger partial charge in [0, 0.05) is 5.69 Å². The van der Waals surface area contributed by atoms with Crippen LogP contribution in [0.15, 0.2) is 83.7 Å². The third-order valence-corrected chi connectivity index (χ3v) is 7.06. The molecule has 3 aromatic carbocycles. The third kappa shape index (κ3) is 3.95. The second kappa shape index (κ2) is 9.59. The lowest BCUT2D eigenvalue weighted by Gasteiger charge is -2.49. The Hall–Kier alpha value is -3.97. The summed E-state index contributed by atoms with van der Waals surface area (Å²) >= 11 is 6.58. The average molecular weight is 504 g/mol. The van der Waals surface area contributed by atoms with E-state index in [0.29, 0.717) is 28.4 Å². The molecule has 3 unspecified atom stereocenters. The van der Waals surface area contributed by atoms with Crippen molar-refractivity contribution in [3.8, 4) is 17.2 Å². The van der Waals surface area contributed by atoms with Crippen LogP contribution in [0.2, 0.25) is 0 Å². The fourth-order valence-corrected chi connectivity index (χ4v) is 5.16. The van der Waals surface area contributed by atoms with Gasteiger partial charge in [-0.2, -0.15) is 0 Å². The van der Waals surface area contributed by atoms with Gasteiger partial charge in [-0.25, -0.2) is 4.68 Å². The number of aryl methyl sites for hydroxylation is 1. The predicted molar refractivity (Wildman–Crippen MR) is 138 cm³/mol. The molecule has 7 nitrogen and oxygen atoms in total. The smallest absolute Gasteiger partial charge is 0.277 e. The Bertz CT molecular complexity index is 1430. The number of likely N-dealkylation sites (tertiary alicyclic amines) is 1. The van der Waals surface area contributed by atoms with Gasteiger partial charge in [-0.3, -0.25) is 14.7 Å². The number of aromatic nitrogens is 2. The van der Waals surface area contributed by atoms with E-state index in [2.05, 4.69) is 5.10 Å². The normalized spacial score (nSPS) is 18.0. The highest BCUT2D eigenvalue weighted by Crippen LogP contribution is 2.47. The van der Waals surface area contributed by atoms with E-state index in [-0.39, 0.29) is 11.5 Å². The Balaban J connectivity index is 1.66. The predicted octanol–water partition coefficient (Wildman–Crippen LogP) is 4.77. The molecule has 2 heterocycles. The fourth-order valence-electron chi connectivity index (χ4n) is 4.78. The molecule has 0 aliphatic carbocycles. The van der Waals surface area contributed by atoms with E-state index in [1.54, 1.807) is 19.1 Å². The maximum Gasteiger partial charge on any atom is 0.277 e. The highest BCUT2D eigenvalue weighted by Gasteiger charge is 2.52. The van der Waals surface area contributed by atoms with Crippen LogP contribution in [0.1, 0.15) is 34.5 Å². The summed E-state index contributed by atoms with van der Waals surface area (Å²) in [5, 5.41) is 2.45. The minimum absolute atomic E-state index is 0.223. The third-order valence-electron chi connectivity index (χ3n) is 6.64. The summed E-state index contributed by atoms with van der Waals surface area (Å²) in [7, 11) is 3.20. The van der Waals surface area contributed by atoms with Crippen LogP contribution >= 0.6 is 11.6 Å². The molecule has 36 heavy (non-hydrogen) atoms. The molecule has 0 bridgehead atoms. The molecule has 1 aliphatic rings. The maximum atomic E-state index is 13.8. The molecule has 3 atom stereocenters. The first kappa shape index (κ1) is 23.8. The maximum absolute atomic E-state index is 13.8. The molecule has 184 valence electrons. The Labute approximate surface area is 213 Å². The first-order valence-corrected chi connectivity index (χ1v) is 12.0. The van der Waals surface area contributed by atoms with Crippen molar-refractivity contribution in [3.05, 3.63) is 112 Å². The van der Waals surface area contributed by atoms with Crippen molar-refractivity contribution in [1.82, 2.24) is 14.7 Å². The minimum atomic E-state index is -0.741. The summed E-state index contributed by atoms with van der Waals surface area (Å²) in [4.78, 5) is 28.8. The molecule has 1 saturated heterocycles. The number of carbonyl (C=O) groups excluding carboxylic acids is 1. The lowest BCUT2D eigenvalue weighted by Crippen LogP contribution is -2.58. The number of alkyl halides is 1. The zero-order valence-electron chi connectivity index (χ0n) is 20.1. The van der Waals surface area contributed by atoms with Crippen molar-refractivity contribution in [2.24, 2.45) is 0 Å². The molecule has 0 saturated carbocycles. The quantitative estimate of drug-likeness (QED) is 0.291. The number of hydrogen-bond acceptors (Lipinski definition) is 4. The number of rotatable bonds is 7. The topological polar surface area (TPSA) is 76.6 Å². The molecule has 1 aliphatic heterocycles. The second-order valence-electron chi connectivity index (χ2n) is 8.67. The summed E-state index contributed by atoms with van der Waals surface area (Å²) in [6.45, 7) is 1.84. The zero-order valence-corrected chi connectivity index (χ0v) is 20.9. The highest BCUT2D eigenvalue weighted by atomic mass is 35.5. The summed E-state index contributed by atoms with van der Waals surface area (Å²) in [5.41, 5.74) is 3.29. The van der Waals surface area contributed by atoms with E-state index >= 15 is 0 Å². The zero-order chi connectivity index (χ0) is 25.4. The summed E-state index contributed by atoms with van der Waals surface area (Å²) in [6.07, 6.45) is 0. The number of ether oxygens (including phenoxy) is 2. The van der Waals surface area contributed by atoms with Crippen LogP contribution in [0.4, 0.5) is 0 Å². The number of carbonyl (C=O) groups is 1. The number of hydrogen-bond donors (Lipinski definition) is 1. The van der Waals surface area contributed by atoms with Gasteiger partial charge in [0.15, 0.2) is 0 Å². The van der Waals surface area contributed by atoms with Gasteiger partial charge in [-0.1, -0.05) is 42.5 Å². The van der Waals surface area contributed by atoms with Crippen LogP contribution in [0.25, 0.3) is 5.69 Å². The Kier molecular flexibility index (Phi) is 6.33. The number of para-hydroxylation sites is 1. The van der Waals surface area contributed by atoms with Gasteiger partial charge in [0.05, 0.1) is 37.6 Å². The van der Waals surface area contributed by atoms with Crippen LogP contribution in [0.5, 0.6) is 11.5 Å². The monoisotopic (exact) mass is 503 g/mol. The molecule has 5 rings (SSSR count). The minimum Gasteiger partial charge on any atom is -0.497 e. The van der Waals surface area contributed by atoms with E-state index in [1.165, 1.54) is 4.68 Å². The summed E-state index contributed by atoms with van der Waals surface area (Å²) in [5.74, 6) is 1.16. The fraction of sp³-hybridized carbons (Fsp3) is 0.214. The van der Waals surface area contributed by atoms with Crippen LogP contribution in [-0.2, 0) is 4.79 Å². The molecule has 8 heteroatoms. The van der Waals surface area contributed by atoms with Crippen LogP contribution in [0.3, 0.4) is 0 Å². The Morgan fingerprint density at radius 3 is 2.03 bits per heavy atom. The van der Waals surface area contributed by atoms with Crippen molar-refractivity contribution in [2.75, 3.05) is 14.2 Å². The molecule has 4 aromatic rings. The number of nitrogens with zero attached hydrogens (tertiary/aromatic N) is 2. The van der Waals surface area contributed by atoms with Crippen LogP contribution in [-0.4, -0.2) is 40.2 Å². The molecular weight excluding hydrogens is 478 g/mol. The van der Waals surface area contributed by atoms with Gasteiger partial charge in [0.25, 0.3) is 5.56 Å². The molecule has 0 radical (unpaired) electrons. The van der Waals surface area contributed by atoms with Crippen molar-refractivity contribution >= 4 is 17.5 Å². The van der Waals surface area contributed by atoms with Gasteiger partial charge in [0.2, 0.25) is 5.91 Å². The number of H-pyrrole nitrogens is 1. The first-order chi connectivity index (χ1) is 17.4. The van der Waals surface area contributed by atoms with Crippen molar-refractivity contribution in [3.63, 3.8) is 0 Å². The van der Waals surface area contributed by atoms with Crippen LogP contribution in [0, 0.1) is 6.92 Å². The summed E-state index contributed by atoms with van der Waals surface area (Å²) in [6, 6.07) is 23.1. The number of amides is 1. The van der Waals surface area contributed by atoms with Gasteiger partial charge in [0.1, 0.15) is 16.9 Å². The molecule has 1 fully saturated rings. The Morgan fingerprint density at radius 2 is 1.44 bits per heavy atom. The first-order valence-electron chi connectivity index (χ1n) is 11.6. The van der Waals surface area contributed by atoms with Crippen molar-refractivity contribution in [2.45, 2.75) is 24.4 Å². The van der Waals surface area contributed by atoms with Gasteiger partial charge < -0.3 is 14.4 Å². The van der Waals surface area contributed by atoms with E-state index in [4.69, 9.17) is 21.1 Å². The lowest BCUT2D eigenvalue weighted by atomic mass is 9.86. The second-order valence-corrected chi connectivity index (χ2v) is 9.14. The molecule has 1 N–H and O–H groups in total. The van der Waals surface area contributed by atoms with Gasteiger partial charge >= 0.3 is 0 Å². The van der Waals surface area contributed by atoms with Crippen LogP contribution < -0.4 is 15.0 Å². The lowest BCUT2D eigenvalue weighted by molar-refractivity contribution is -0.148. The van der Waals surface area contributed by atoms with E-state index < -0.39 is 17.5 Å². The van der Waals surface area contributed by atoms with Gasteiger partial charge in [-0.15, -0.1) is 11.6 Å². The Morgan fingerprint density at radius 1 is 0.861 bits per heavy atom. The standard InChI is InChI=1S/C28H26ClN3O4/c1-17-23(27(33)32(30-17)20-7-5-4-6-8-20)25(18-9-13-21(35-2)14-10-18)31-26(24(29)28(31)34)19-11-15-22(36-3)16-12-19/h4-16,24-26,30H,1-3H3. The number of aromatic amines is 1. The van der Waals surface area contributed by atoms with E-state index in [1.807, 2.05) is 85.8 Å². The number of nitrogens with one attached hydrogen (secondary N) is 1. The summed E-state index contributed by atoms with van der Waals surface area (Å²) < 4.78 is 12.1. The van der Waals surface area contributed by atoms with Gasteiger partial charge in [-0.05, 0) is 54.4 Å². The molecular formula is C28H26ClN3O4.